The fourth-order valence-corrected chi connectivity index (χ4v) is 4.84. The van der Waals surface area contributed by atoms with Crippen LogP contribution in [-0.4, -0.2) is 67.1 Å². The zero-order chi connectivity index (χ0) is 21.7. The molecular weight excluding hydrogens is 398 g/mol. The van der Waals surface area contributed by atoms with Crippen molar-refractivity contribution in [3.8, 4) is 0 Å². The summed E-state index contributed by atoms with van der Waals surface area (Å²) in [6.07, 6.45) is 4.63. The Morgan fingerprint density at radius 1 is 1.13 bits per heavy atom. The molecule has 7 heteroatoms. The monoisotopic (exact) mass is 429 g/mol. The summed E-state index contributed by atoms with van der Waals surface area (Å²) in [6, 6.07) is 12.5. The van der Waals surface area contributed by atoms with Gasteiger partial charge in [0.15, 0.2) is 9.84 Å². The first kappa shape index (κ1) is 22.4. The molecule has 1 aromatic carbocycles. The van der Waals surface area contributed by atoms with Crippen LogP contribution in [0.2, 0.25) is 0 Å². The number of piperidine rings is 1. The first-order chi connectivity index (χ1) is 14.3. The molecule has 0 bridgehead atoms. The molecule has 162 valence electrons. The molecule has 0 aliphatic carbocycles. The maximum absolute atomic E-state index is 12.9. The van der Waals surface area contributed by atoms with Crippen molar-refractivity contribution < 1.29 is 13.2 Å². The minimum atomic E-state index is -3.33. The molecule has 0 radical (unpaired) electrons. The Balaban J connectivity index is 1.53. The Hall–Kier alpha value is -2.25. The van der Waals surface area contributed by atoms with Crippen LogP contribution >= 0.6 is 0 Å². The van der Waals surface area contributed by atoms with Crippen molar-refractivity contribution in [2.24, 2.45) is 0 Å². The second-order valence-electron chi connectivity index (χ2n) is 8.18. The van der Waals surface area contributed by atoms with E-state index in [2.05, 4.69) is 16.0 Å². The van der Waals surface area contributed by atoms with E-state index in [1.165, 1.54) is 12.1 Å². The molecule has 6 nitrogen and oxygen atoms in total. The lowest BCUT2D eigenvalue weighted by Gasteiger charge is -2.36. The predicted molar refractivity (Wildman–Crippen MR) is 118 cm³/mol. The van der Waals surface area contributed by atoms with Crippen LogP contribution in [0, 0.1) is 0 Å². The highest BCUT2D eigenvalue weighted by Gasteiger charge is 2.26. The Bertz CT molecular complexity index is 935. The first-order valence-corrected chi connectivity index (χ1v) is 12.1. The Kier molecular flexibility index (Phi) is 7.26. The number of aromatic nitrogens is 1. The number of hydrogen-bond acceptors (Lipinski definition) is 5. The van der Waals surface area contributed by atoms with E-state index in [-0.39, 0.29) is 16.8 Å². The molecule has 1 fully saturated rings. The third kappa shape index (κ3) is 5.26. The number of pyridine rings is 1. The lowest BCUT2D eigenvalue weighted by molar-refractivity contribution is 0.0643. The molecular formula is C23H31N3O3S. The van der Waals surface area contributed by atoms with E-state index in [0.717, 1.165) is 44.6 Å². The van der Waals surface area contributed by atoms with Gasteiger partial charge in [-0.3, -0.25) is 9.78 Å². The zero-order valence-electron chi connectivity index (χ0n) is 18.0. The number of carbonyl (C=O) groups is 1. The van der Waals surface area contributed by atoms with E-state index in [1.807, 2.05) is 30.3 Å². The molecule has 2 heterocycles. The highest BCUT2D eigenvalue weighted by molar-refractivity contribution is 7.92. The summed E-state index contributed by atoms with van der Waals surface area (Å²) in [6.45, 7) is 6.21. The van der Waals surface area contributed by atoms with E-state index < -0.39 is 15.1 Å². The number of carbonyl (C=O) groups excluding carboxylic acids is 1. The fraction of sp³-hybridized carbons (Fsp3) is 0.478. The Morgan fingerprint density at radius 3 is 2.37 bits per heavy atom. The van der Waals surface area contributed by atoms with Crippen molar-refractivity contribution in [1.29, 1.82) is 0 Å². The molecule has 1 aliphatic heterocycles. The normalized spacial score (nSPS) is 16.0. The highest BCUT2D eigenvalue weighted by atomic mass is 32.2. The largest absolute Gasteiger partial charge is 0.339 e. The first-order valence-electron chi connectivity index (χ1n) is 10.5. The number of amides is 1. The van der Waals surface area contributed by atoms with Crippen molar-refractivity contribution in [2.75, 3.05) is 26.7 Å². The van der Waals surface area contributed by atoms with Gasteiger partial charge in [-0.25, -0.2) is 8.42 Å². The third-order valence-electron chi connectivity index (χ3n) is 5.89. The van der Waals surface area contributed by atoms with Gasteiger partial charge in [0.05, 0.1) is 10.1 Å². The number of sulfone groups is 1. The predicted octanol–water partition coefficient (Wildman–Crippen LogP) is 3.04. The van der Waals surface area contributed by atoms with Crippen molar-refractivity contribution in [2.45, 2.75) is 49.3 Å². The van der Waals surface area contributed by atoms with E-state index in [1.54, 1.807) is 26.0 Å². The molecule has 0 unspecified atom stereocenters. The maximum Gasteiger partial charge on any atom is 0.253 e. The second-order valence-corrected chi connectivity index (χ2v) is 10.7. The molecule has 1 aromatic heterocycles. The minimum absolute atomic E-state index is 0.0598. The molecule has 1 amide bonds. The van der Waals surface area contributed by atoms with Gasteiger partial charge in [0.25, 0.3) is 5.91 Å². The van der Waals surface area contributed by atoms with Crippen LogP contribution in [0.25, 0.3) is 0 Å². The molecule has 0 N–H and O–H groups in total. The summed E-state index contributed by atoms with van der Waals surface area (Å²) >= 11 is 0. The Labute approximate surface area is 179 Å². The van der Waals surface area contributed by atoms with Crippen LogP contribution < -0.4 is 0 Å². The zero-order valence-corrected chi connectivity index (χ0v) is 18.8. The van der Waals surface area contributed by atoms with Crippen LogP contribution in [0.4, 0.5) is 0 Å². The Morgan fingerprint density at radius 2 is 1.80 bits per heavy atom. The van der Waals surface area contributed by atoms with Crippen molar-refractivity contribution in [3.63, 3.8) is 0 Å². The van der Waals surface area contributed by atoms with E-state index in [9.17, 15) is 13.2 Å². The quantitative estimate of drug-likeness (QED) is 0.677. The van der Waals surface area contributed by atoms with Gasteiger partial charge in [-0.05, 0) is 63.1 Å². The smallest absolute Gasteiger partial charge is 0.253 e. The van der Waals surface area contributed by atoms with Gasteiger partial charge in [0.2, 0.25) is 0 Å². The summed E-state index contributed by atoms with van der Waals surface area (Å²) in [4.78, 5) is 21.8. The van der Waals surface area contributed by atoms with Gasteiger partial charge in [0.1, 0.15) is 0 Å². The van der Waals surface area contributed by atoms with Crippen LogP contribution in [0.3, 0.4) is 0 Å². The molecule has 30 heavy (non-hydrogen) atoms. The number of benzene rings is 1. The molecule has 1 aliphatic rings. The summed E-state index contributed by atoms with van der Waals surface area (Å²) < 4.78 is 24.5. The molecule has 0 atom stereocenters. The fourth-order valence-electron chi connectivity index (χ4n) is 3.78. The summed E-state index contributed by atoms with van der Waals surface area (Å²) in [5.41, 5.74) is 1.63. The standard InChI is InChI=1S/C23H31N3O3S/c1-18(2)30(28,29)22-9-7-19(8-10-22)23(27)25(3)21-12-16-26(17-13-21)15-11-20-6-4-5-14-24-20/h4-10,14,18,21H,11-13,15-17H2,1-3H3. The molecule has 1 saturated heterocycles. The van der Waals surface area contributed by atoms with Gasteiger partial charge in [-0.15, -0.1) is 0 Å². The third-order valence-corrected chi connectivity index (χ3v) is 8.06. The molecule has 3 rings (SSSR count). The number of hydrogen-bond donors (Lipinski definition) is 0. The van der Waals surface area contributed by atoms with Gasteiger partial charge in [-0.2, -0.15) is 0 Å². The lowest BCUT2D eigenvalue weighted by Crippen LogP contribution is -2.46. The van der Waals surface area contributed by atoms with E-state index in [4.69, 9.17) is 0 Å². The topological polar surface area (TPSA) is 70.6 Å². The molecule has 2 aromatic rings. The van der Waals surface area contributed by atoms with Crippen LogP contribution in [-0.2, 0) is 16.3 Å². The van der Waals surface area contributed by atoms with Crippen molar-refractivity contribution in [1.82, 2.24) is 14.8 Å². The van der Waals surface area contributed by atoms with Gasteiger partial charge >= 0.3 is 0 Å². The highest BCUT2D eigenvalue weighted by Crippen LogP contribution is 2.20. The summed E-state index contributed by atoms with van der Waals surface area (Å²) in [5, 5.41) is -0.482. The van der Waals surface area contributed by atoms with E-state index >= 15 is 0 Å². The molecule has 0 saturated carbocycles. The van der Waals surface area contributed by atoms with Crippen LogP contribution in [0.1, 0.15) is 42.7 Å². The van der Waals surface area contributed by atoms with Crippen molar-refractivity contribution >= 4 is 15.7 Å². The van der Waals surface area contributed by atoms with Crippen LogP contribution in [0.5, 0.6) is 0 Å². The van der Waals surface area contributed by atoms with E-state index in [0.29, 0.717) is 5.56 Å². The molecule has 0 spiro atoms. The number of nitrogens with zero attached hydrogens (tertiary/aromatic N) is 3. The summed E-state index contributed by atoms with van der Waals surface area (Å²) in [7, 11) is -1.48. The number of rotatable bonds is 7. The maximum atomic E-state index is 12.9. The summed E-state index contributed by atoms with van der Waals surface area (Å²) in [5.74, 6) is -0.0598. The van der Waals surface area contributed by atoms with Gasteiger partial charge < -0.3 is 9.80 Å². The van der Waals surface area contributed by atoms with Crippen LogP contribution in [0.15, 0.2) is 53.6 Å². The van der Waals surface area contributed by atoms with Gasteiger partial charge in [0, 0.05) is 56.6 Å². The number of likely N-dealkylation sites (tertiary alicyclic amines) is 1. The average Bonchev–Trinajstić information content (AvgIpc) is 2.77. The minimum Gasteiger partial charge on any atom is -0.339 e. The second kappa shape index (κ2) is 9.71. The van der Waals surface area contributed by atoms with Gasteiger partial charge in [-0.1, -0.05) is 6.07 Å². The lowest BCUT2D eigenvalue weighted by atomic mass is 10.0. The SMILES string of the molecule is CC(C)S(=O)(=O)c1ccc(C(=O)N(C)C2CCN(CCc3ccccn3)CC2)cc1. The average molecular weight is 430 g/mol. The van der Waals surface area contributed by atoms with Crippen molar-refractivity contribution in [3.05, 3.63) is 59.9 Å².